The van der Waals surface area contributed by atoms with Gasteiger partial charge >= 0.3 is 0 Å². The third-order valence-electron chi connectivity index (χ3n) is 2.47. The minimum atomic E-state index is -0.109. The maximum atomic E-state index is 11.6. The second-order valence-electron chi connectivity index (χ2n) is 3.92. The van der Waals surface area contributed by atoms with Gasteiger partial charge in [0.25, 0.3) is 0 Å². The first-order valence-electron chi connectivity index (χ1n) is 5.74. The van der Waals surface area contributed by atoms with Crippen LogP contribution in [0.2, 0.25) is 0 Å². The van der Waals surface area contributed by atoms with Crippen molar-refractivity contribution in [2.75, 3.05) is 5.73 Å². The number of nitrogens with two attached hydrogens (primary N) is 1. The van der Waals surface area contributed by atoms with E-state index in [2.05, 4.69) is 15.5 Å². The molecule has 2 aromatic heterocycles. The summed E-state index contributed by atoms with van der Waals surface area (Å²) in [6, 6.07) is 1.65. The smallest absolute Gasteiger partial charge is 0.242 e. The van der Waals surface area contributed by atoms with Crippen LogP contribution in [0.15, 0.2) is 24.7 Å². The molecule has 18 heavy (non-hydrogen) atoms. The van der Waals surface area contributed by atoms with E-state index in [1.807, 2.05) is 17.8 Å². The van der Waals surface area contributed by atoms with Crippen molar-refractivity contribution in [2.45, 2.75) is 26.6 Å². The molecular formula is C11H16N6O. The minimum Gasteiger partial charge on any atom is -0.382 e. The molecule has 7 nitrogen and oxygen atoms in total. The second-order valence-corrected chi connectivity index (χ2v) is 3.92. The maximum Gasteiger partial charge on any atom is 0.242 e. The molecular weight excluding hydrogens is 232 g/mol. The lowest BCUT2D eigenvalue weighted by atomic mass is 10.3. The monoisotopic (exact) mass is 248 g/mol. The van der Waals surface area contributed by atoms with Gasteiger partial charge in [-0.2, -0.15) is 10.2 Å². The quantitative estimate of drug-likeness (QED) is 0.779. The van der Waals surface area contributed by atoms with E-state index in [0.29, 0.717) is 12.4 Å². The first kappa shape index (κ1) is 12.2. The van der Waals surface area contributed by atoms with Gasteiger partial charge < -0.3 is 11.1 Å². The highest BCUT2D eigenvalue weighted by Crippen LogP contribution is 1.98. The van der Waals surface area contributed by atoms with Crippen LogP contribution in [0.5, 0.6) is 0 Å². The van der Waals surface area contributed by atoms with Crippen LogP contribution in [-0.2, 0) is 24.4 Å². The van der Waals surface area contributed by atoms with Crippen molar-refractivity contribution in [3.05, 3.63) is 30.2 Å². The Morgan fingerprint density at radius 1 is 1.50 bits per heavy atom. The van der Waals surface area contributed by atoms with Crippen LogP contribution in [0.1, 0.15) is 12.5 Å². The fourth-order valence-electron chi connectivity index (χ4n) is 1.54. The van der Waals surface area contributed by atoms with Gasteiger partial charge in [0.15, 0.2) is 0 Å². The molecule has 2 rings (SSSR count). The highest BCUT2D eigenvalue weighted by molar-refractivity contribution is 5.75. The lowest BCUT2D eigenvalue weighted by molar-refractivity contribution is -0.122. The van der Waals surface area contributed by atoms with Gasteiger partial charge in [0, 0.05) is 31.0 Å². The predicted octanol–water partition coefficient (Wildman–Crippen LogP) is -0.00190. The van der Waals surface area contributed by atoms with Crippen molar-refractivity contribution in [3.8, 4) is 0 Å². The molecule has 0 atom stereocenters. The van der Waals surface area contributed by atoms with E-state index in [1.54, 1.807) is 18.5 Å². The number of anilines is 1. The molecule has 1 amide bonds. The van der Waals surface area contributed by atoms with E-state index >= 15 is 0 Å². The summed E-state index contributed by atoms with van der Waals surface area (Å²) in [7, 11) is 0. The van der Waals surface area contributed by atoms with E-state index in [1.165, 1.54) is 4.68 Å². The summed E-state index contributed by atoms with van der Waals surface area (Å²) in [6.07, 6.45) is 5.33. The molecule has 2 aromatic rings. The zero-order chi connectivity index (χ0) is 13.0. The Morgan fingerprint density at radius 2 is 2.33 bits per heavy atom. The molecule has 0 saturated heterocycles. The summed E-state index contributed by atoms with van der Waals surface area (Å²) in [5.41, 5.74) is 6.44. The summed E-state index contributed by atoms with van der Waals surface area (Å²) < 4.78 is 3.32. The molecule has 0 aliphatic rings. The molecule has 0 aliphatic heterocycles. The van der Waals surface area contributed by atoms with Crippen molar-refractivity contribution < 1.29 is 4.79 Å². The van der Waals surface area contributed by atoms with E-state index in [-0.39, 0.29) is 12.5 Å². The fraction of sp³-hybridized carbons (Fsp3) is 0.364. The molecule has 0 radical (unpaired) electrons. The molecule has 3 N–H and O–H groups in total. The van der Waals surface area contributed by atoms with Crippen molar-refractivity contribution in [1.29, 1.82) is 0 Å². The van der Waals surface area contributed by atoms with Gasteiger partial charge in [-0.25, -0.2) is 0 Å². The van der Waals surface area contributed by atoms with Gasteiger partial charge in [-0.3, -0.25) is 14.2 Å². The number of hydrogen-bond acceptors (Lipinski definition) is 4. The van der Waals surface area contributed by atoms with Crippen molar-refractivity contribution in [3.63, 3.8) is 0 Å². The fourth-order valence-corrected chi connectivity index (χ4v) is 1.54. The zero-order valence-electron chi connectivity index (χ0n) is 10.2. The van der Waals surface area contributed by atoms with Crippen LogP contribution < -0.4 is 11.1 Å². The van der Waals surface area contributed by atoms with Gasteiger partial charge in [0.1, 0.15) is 12.4 Å². The molecule has 96 valence electrons. The first-order valence-corrected chi connectivity index (χ1v) is 5.74. The summed E-state index contributed by atoms with van der Waals surface area (Å²) in [5, 5.41) is 10.9. The predicted molar refractivity (Wildman–Crippen MR) is 66.4 cm³/mol. The summed E-state index contributed by atoms with van der Waals surface area (Å²) in [5.74, 6) is 0.300. The van der Waals surface area contributed by atoms with Crippen LogP contribution in [0, 0.1) is 0 Å². The summed E-state index contributed by atoms with van der Waals surface area (Å²) in [4.78, 5) is 11.6. The van der Waals surface area contributed by atoms with Gasteiger partial charge in [-0.05, 0) is 13.0 Å². The molecule has 0 aromatic carbocycles. The van der Waals surface area contributed by atoms with Gasteiger partial charge in [0.05, 0.1) is 6.20 Å². The van der Waals surface area contributed by atoms with Crippen LogP contribution in [0.25, 0.3) is 0 Å². The number of amides is 1. The van der Waals surface area contributed by atoms with E-state index in [9.17, 15) is 4.79 Å². The molecule has 0 unspecified atom stereocenters. The Bertz CT molecular complexity index is 529. The van der Waals surface area contributed by atoms with Gasteiger partial charge in [0.2, 0.25) is 5.91 Å². The summed E-state index contributed by atoms with van der Waals surface area (Å²) in [6.45, 7) is 3.46. The third kappa shape index (κ3) is 3.09. The normalized spacial score (nSPS) is 10.5. The van der Waals surface area contributed by atoms with Gasteiger partial charge in [-0.1, -0.05) is 0 Å². The minimum absolute atomic E-state index is 0.109. The number of aryl methyl sites for hydroxylation is 1. The number of carbonyl (C=O) groups is 1. The van der Waals surface area contributed by atoms with E-state index < -0.39 is 0 Å². The Kier molecular flexibility index (Phi) is 3.61. The largest absolute Gasteiger partial charge is 0.382 e. The van der Waals surface area contributed by atoms with Gasteiger partial charge in [-0.15, -0.1) is 0 Å². The molecule has 0 spiro atoms. The zero-order valence-corrected chi connectivity index (χ0v) is 10.2. The molecule has 0 aliphatic carbocycles. The second kappa shape index (κ2) is 5.35. The van der Waals surface area contributed by atoms with E-state index in [4.69, 9.17) is 5.73 Å². The first-order chi connectivity index (χ1) is 8.67. The Balaban J connectivity index is 1.81. The lowest BCUT2D eigenvalue weighted by Crippen LogP contribution is -2.27. The molecule has 0 saturated carbocycles. The number of nitrogens with zero attached hydrogens (tertiary/aromatic N) is 4. The number of nitrogens with one attached hydrogen (secondary N) is 1. The Hall–Kier alpha value is -2.31. The molecule has 0 fully saturated rings. The topological polar surface area (TPSA) is 90.8 Å². The SMILES string of the molecule is CCn1cc(CNC(=O)Cn2ccc(N)n2)cn1. The van der Waals surface area contributed by atoms with Crippen LogP contribution >= 0.6 is 0 Å². The number of rotatable bonds is 5. The van der Waals surface area contributed by atoms with E-state index in [0.717, 1.165) is 12.1 Å². The highest BCUT2D eigenvalue weighted by Gasteiger charge is 2.04. The summed E-state index contributed by atoms with van der Waals surface area (Å²) >= 11 is 0. The number of hydrogen-bond donors (Lipinski definition) is 2. The Labute approximate surface area is 105 Å². The van der Waals surface area contributed by atoms with Crippen LogP contribution in [-0.4, -0.2) is 25.5 Å². The molecule has 2 heterocycles. The highest BCUT2D eigenvalue weighted by atomic mass is 16.2. The van der Waals surface area contributed by atoms with Crippen molar-refractivity contribution in [1.82, 2.24) is 24.9 Å². The maximum absolute atomic E-state index is 11.6. The average Bonchev–Trinajstić information content (AvgIpc) is 2.95. The van der Waals surface area contributed by atoms with Crippen LogP contribution in [0.3, 0.4) is 0 Å². The average molecular weight is 248 g/mol. The van der Waals surface area contributed by atoms with Crippen molar-refractivity contribution in [2.24, 2.45) is 0 Å². The standard InChI is InChI=1S/C11H16N6O/c1-2-16-7-9(6-14-16)5-13-11(18)8-17-4-3-10(12)15-17/h3-4,6-7H,2,5,8H2,1H3,(H2,12,15)(H,13,18). The van der Waals surface area contributed by atoms with Crippen molar-refractivity contribution >= 4 is 11.7 Å². The number of carbonyl (C=O) groups excluding carboxylic acids is 1. The molecule has 7 heteroatoms. The Morgan fingerprint density at radius 3 is 2.94 bits per heavy atom. The third-order valence-corrected chi connectivity index (χ3v) is 2.47. The number of nitrogen functional groups attached to an aromatic ring is 1. The molecule has 0 bridgehead atoms. The van der Waals surface area contributed by atoms with Crippen LogP contribution in [0.4, 0.5) is 5.82 Å². The lowest BCUT2D eigenvalue weighted by Gasteiger charge is -2.03. The number of aromatic nitrogens is 4.